The number of hydrogen-bond acceptors (Lipinski definition) is 5. The van der Waals surface area contributed by atoms with E-state index in [1.165, 1.54) is 23.5 Å². The number of carbonyl (C=O) groups is 1. The Morgan fingerprint density at radius 3 is 2.47 bits per heavy atom. The van der Waals surface area contributed by atoms with Gasteiger partial charge in [-0.05, 0) is 61.0 Å². The van der Waals surface area contributed by atoms with E-state index in [9.17, 15) is 18.0 Å². The molecule has 3 aromatic rings. The Labute approximate surface area is 203 Å². The molecule has 34 heavy (non-hydrogen) atoms. The molecule has 0 aliphatic rings. The summed E-state index contributed by atoms with van der Waals surface area (Å²) < 4.78 is 43.4. The van der Waals surface area contributed by atoms with Crippen LogP contribution in [0.25, 0.3) is 11.3 Å². The molecule has 2 aromatic carbocycles. The number of alkyl halides is 3. The van der Waals surface area contributed by atoms with Crippen molar-refractivity contribution in [3.8, 4) is 17.0 Å². The minimum Gasteiger partial charge on any atom is -0.480 e. The van der Waals surface area contributed by atoms with E-state index in [-0.39, 0.29) is 12.3 Å². The maximum atomic E-state index is 12.5. The minimum absolute atomic E-state index is 0.0599. The molecule has 1 heterocycles. The van der Waals surface area contributed by atoms with E-state index >= 15 is 0 Å². The summed E-state index contributed by atoms with van der Waals surface area (Å²) in [6, 6.07) is 13.1. The number of benzene rings is 2. The summed E-state index contributed by atoms with van der Waals surface area (Å²) >= 11 is 7.37. The van der Waals surface area contributed by atoms with Crippen molar-refractivity contribution in [1.82, 2.24) is 9.47 Å². The number of halogens is 4. The Balaban J connectivity index is 1.85. The summed E-state index contributed by atoms with van der Waals surface area (Å²) in [5, 5.41) is 11.5. The summed E-state index contributed by atoms with van der Waals surface area (Å²) in [6.07, 6.45) is -4.09. The van der Waals surface area contributed by atoms with Crippen LogP contribution >= 0.6 is 22.9 Å². The second kappa shape index (κ2) is 11.5. The average Bonchev–Trinajstić information content (AvgIpc) is 3.15. The van der Waals surface area contributed by atoms with Gasteiger partial charge in [0.2, 0.25) is 0 Å². The second-order valence-corrected chi connectivity index (χ2v) is 8.83. The Morgan fingerprint density at radius 2 is 1.85 bits per heavy atom. The predicted octanol–water partition coefficient (Wildman–Crippen LogP) is 5.28. The lowest BCUT2D eigenvalue weighted by atomic mass is 10.1. The molecule has 0 atom stereocenters. The molecular weight excluding hydrogens is 491 g/mol. The lowest BCUT2D eigenvalue weighted by Gasteiger charge is -2.15. The van der Waals surface area contributed by atoms with Crippen LogP contribution in [0.5, 0.6) is 5.75 Å². The van der Waals surface area contributed by atoms with Gasteiger partial charge in [-0.25, -0.2) is 0 Å². The Kier molecular flexibility index (Phi) is 8.76. The van der Waals surface area contributed by atoms with E-state index in [2.05, 4.69) is 4.74 Å². The van der Waals surface area contributed by atoms with Gasteiger partial charge >= 0.3 is 12.3 Å². The molecule has 0 fully saturated rings. The fourth-order valence-electron chi connectivity index (χ4n) is 3.29. The van der Waals surface area contributed by atoms with E-state index in [0.717, 1.165) is 21.6 Å². The van der Waals surface area contributed by atoms with Crippen LogP contribution in [-0.2, 0) is 17.9 Å². The summed E-state index contributed by atoms with van der Waals surface area (Å²) in [4.78, 5) is 18.1. The van der Waals surface area contributed by atoms with Gasteiger partial charge in [0.15, 0.2) is 4.80 Å². The maximum absolute atomic E-state index is 12.5. The fourth-order valence-corrected chi connectivity index (χ4v) is 4.35. The minimum atomic E-state index is -4.75. The molecule has 0 amide bonds. The molecule has 0 saturated heterocycles. The van der Waals surface area contributed by atoms with Gasteiger partial charge in [0.1, 0.15) is 5.75 Å². The van der Waals surface area contributed by atoms with Crippen molar-refractivity contribution >= 4 is 28.9 Å². The number of aromatic nitrogens is 1. The Morgan fingerprint density at radius 1 is 1.18 bits per heavy atom. The molecule has 0 aliphatic carbocycles. The van der Waals surface area contributed by atoms with Gasteiger partial charge in [-0.3, -0.25) is 14.7 Å². The lowest BCUT2D eigenvalue weighted by Crippen LogP contribution is -2.28. The van der Waals surface area contributed by atoms with Gasteiger partial charge in [0.05, 0.1) is 18.8 Å². The van der Waals surface area contributed by atoms with Crippen LogP contribution in [0.3, 0.4) is 0 Å². The van der Waals surface area contributed by atoms with E-state index in [4.69, 9.17) is 21.7 Å². The zero-order chi connectivity index (χ0) is 24.7. The van der Waals surface area contributed by atoms with Crippen LogP contribution in [0.15, 0.2) is 58.9 Å². The highest BCUT2D eigenvalue weighted by Gasteiger charge is 2.31. The van der Waals surface area contributed by atoms with Gasteiger partial charge in [-0.1, -0.05) is 23.7 Å². The van der Waals surface area contributed by atoms with Crippen molar-refractivity contribution in [3.05, 3.63) is 69.3 Å². The topological polar surface area (TPSA) is 67.1 Å². The number of hydrogen-bond donors (Lipinski definition) is 1. The number of nitrogens with zero attached hydrogens (tertiary/aromatic N) is 3. The van der Waals surface area contributed by atoms with E-state index < -0.39 is 12.3 Å². The Bertz CT molecular complexity index is 1160. The van der Waals surface area contributed by atoms with E-state index in [1.54, 1.807) is 36.2 Å². The molecule has 0 unspecified atom stereocenters. The van der Waals surface area contributed by atoms with Crippen molar-refractivity contribution in [2.24, 2.45) is 4.99 Å². The van der Waals surface area contributed by atoms with E-state index in [0.29, 0.717) is 31.1 Å². The zero-order valence-corrected chi connectivity index (χ0v) is 19.8. The van der Waals surface area contributed by atoms with Gasteiger partial charge < -0.3 is 14.4 Å². The first-order valence-electron chi connectivity index (χ1n) is 10.3. The van der Waals surface area contributed by atoms with E-state index in [1.807, 2.05) is 22.1 Å². The molecule has 3 rings (SSSR count). The predicted molar refractivity (Wildman–Crippen MR) is 125 cm³/mol. The van der Waals surface area contributed by atoms with Crippen molar-refractivity contribution in [1.29, 1.82) is 0 Å². The SMILES string of the molecule is CN(CCCn1c(-c2ccc(OC(F)(F)F)cc2)cs/c1=N\Cc1ccc(Cl)cc1)CC(=O)O. The number of ether oxygens (including phenoxy) is 1. The Hall–Kier alpha value is -2.82. The number of thiazole rings is 1. The first-order valence-corrected chi connectivity index (χ1v) is 11.6. The molecule has 0 saturated carbocycles. The van der Waals surface area contributed by atoms with Gasteiger partial charge in [-0.2, -0.15) is 0 Å². The first-order chi connectivity index (χ1) is 16.1. The molecule has 0 radical (unpaired) electrons. The quantitative estimate of drug-likeness (QED) is 0.401. The third-order valence-electron chi connectivity index (χ3n) is 4.82. The molecule has 0 aliphatic heterocycles. The molecule has 1 N–H and O–H groups in total. The summed E-state index contributed by atoms with van der Waals surface area (Å²) in [5.74, 6) is -1.19. The van der Waals surface area contributed by atoms with Crippen LogP contribution in [0, 0.1) is 0 Å². The number of rotatable bonds is 10. The number of carboxylic acids is 1. The third-order valence-corrected chi connectivity index (χ3v) is 5.97. The van der Waals surface area contributed by atoms with Crippen LogP contribution in [0.4, 0.5) is 13.2 Å². The molecule has 0 bridgehead atoms. The molecule has 182 valence electrons. The van der Waals surface area contributed by atoms with Gasteiger partial charge in [-0.15, -0.1) is 24.5 Å². The smallest absolute Gasteiger partial charge is 0.480 e. The summed E-state index contributed by atoms with van der Waals surface area (Å²) in [7, 11) is 1.73. The molecule has 0 spiro atoms. The summed E-state index contributed by atoms with van der Waals surface area (Å²) in [6.45, 7) is 1.50. The zero-order valence-electron chi connectivity index (χ0n) is 18.3. The average molecular weight is 514 g/mol. The lowest BCUT2D eigenvalue weighted by molar-refractivity contribution is -0.274. The van der Waals surface area contributed by atoms with Crippen molar-refractivity contribution in [2.75, 3.05) is 20.1 Å². The largest absolute Gasteiger partial charge is 0.573 e. The molecule has 11 heteroatoms. The van der Waals surface area contributed by atoms with Crippen LogP contribution in [0.2, 0.25) is 5.02 Å². The van der Waals surface area contributed by atoms with Gasteiger partial charge in [0, 0.05) is 23.5 Å². The first kappa shape index (κ1) is 25.8. The fraction of sp³-hybridized carbons (Fsp3) is 0.304. The molecule has 6 nitrogen and oxygen atoms in total. The highest BCUT2D eigenvalue weighted by molar-refractivity contribution is 7.07. The normalized spacial score (nSPS) is 12.4. The highest BCUT2D eigenvalue weighted by Crippen LogP contribution is 2.27. The third kappa shape index (κ3) is 7.89. The number of carboxylic acid groups (broad SMARTS) is 1. The van der Waals surface area contributed by atoms with Crippen molar-refractivity contribution < 1.29 is 27.8 Å². The monoisotopic (exact) mass is 513 g/mol. The van der Waals surface area contributed by atoms with Crippen molar-refractivity contribution in [3.63, 3.8) is 0 Å². The molecule has 1 aromatic heterocycles. The summed E-state index contributed by atoms with van der Waals surface area (Å²) in [5.41, 5.74) is 2.51. The van der Waals surface area contributed by atoms with Crippen LogP contribution in [0.1, 0.15) is 12.0 Å². The standard InChI is InChI=1S/C23H23ClF3N3O3S/c1-29(14-21(31)32)11-2-12-30-20(17-5-9-19(10-6-17)33-23(25,26)27)15-34-22(30)28-13-16-3-7-18(24)8-4-16/h3-10,15H,2,11-14H2,1H3,(H,31,32)/b28-22-. The van der Waals surface area contributed by atoms with Crippen molar-refractivity contribution in [2.45, 2.75) is 25.9 Å². The van der Waals surface area contributed by atoms with Crippen LogP contribution < -0.4 is 9.54 Å². The number of aliphatic carboxylic acids is 1. The molecular formula is C23H23ClF3N3O3S. The second-order valence-electron chi connectivity index (χ2n) is 7.56. The van der Waals surface area contributed by atoms with Gasteiger partial charge in [0.25, 0.3) is 0 Å². The van der Waals surface area contributed by atoms with Crippen LogP contribution in [-0.4, -0.2) is 47.0 Å². The number of likely N-dealkylation sites (N-methyl/N-ethyl adjacent to an activating group) is 1. The highest BCUT2D eigenvalue weighted by atomic mass is 35.5. The maximum Gasteiger partial charge on any atom is 0.573 e.